The minimum atomic E-state index is -0.798. The molecule has 0 saturated heterocycles. The lowest BCUT2D eigenvalue weighted by atomic mass is 9.96. The number of fused-ring (bicyclic) bond motifs is 1. The zero-order valence-corrected chi connectivity index (χ0v) is 15.7. The molecular weight excluding hydrogens is 358 g/mol. The summed E-state index contributed by atoms with van der Waals surface area (Å²) in [5.41, 5.74) is 3.33. The maximum Gasteiger partial charge on any atom is 0.112 e. The van der Waals surface area contributed by atoms with Crippen LogP contribution in [0, 0.1) is 23.7 Å². The number of halogens is 1. The van der Waals surface area contributed by atoms with E-state index in [1.165, 1.54) is 0 Å². The highest BCUT2D eigenvalue weighted by molar-refractivity contribution is 6.33. The van der Waals surface area contributed by atoms with Gasteiger partial charge >= 0.3 is 0 Å². The predicted molar refractivity (Wildman–Crippen MR) is 109 cm³/mol. The SMILES string of the molecule is CC(O)C#Cc1c(-c2ccccc2Cl)nc2ccccc2c1C#CC(C)O. The first-order valence-corrected chi connectivity index (χ1v) is 8.92. The minimum Gasteiger partial charge on any atom is -0.381 e. The molecule has 4 heteroatoms. The summed E-state index contributed by atoms with van der Waals surface area (Å²) in [5, 5.41) is 20.7. The number of benzene rings is 2. The van der Waals surface area contributed by atoms with Crippen molar-refractivity contribution in [1.82, 2.24) is 4.98 Å². The Morgan fingerprint density at radius 2 is 1.44 bits per heavy atom. The maximum atomic E-state index is 9.66. The quantitative estimate of drug-likeness (QED) is 0.631. The van der Waals surface area contributed by atoms with Gasteiger partial charge < -0.3 is 10.2 Å². The zero-order chi connectivity index (χ0) is 19.4. The van der Waals surface area contributed by atoms with E-state index in [0.29, 0.717) is 21.8 Å². The molecule has 0 saturated carbocycles. The van der Waals surface area contributed by atoms with Crippen LogP contribution in [-0.2, 0) is 0 Å². The van der Waals surface area contributed by atoms with Crippen molar-refractivity contribution < 1.29 is 10.2 Å². The molecule has 0 radical (unpaired) electrons. The molecule has 2 N–H and O–H groups in total. The summed E-state index contributed by atoms with van der Waals surface area (Å²) in [6.45, 7) is 3.20. The Morgan fingerprint density at radius 3 is 2.11 bits per heavy atom. The Kier molecular flexibility index (Phi) is 5.79. The molecule has 2 atom stereocenters. The van der Waals surface area contributed by atoms with E-state index in [2.05, 4.69) is 23.7 Å². The lowest BCUT2D eigenvalue weighted by molar-refractivity contribution is 0.253. The third kappa shape index (κ3) is 4.30. The molecule has 0 spiro atoms. The van der Waals surface area contributed by atoms with E-state index in [0.717, 1.165) is 16.5 Å². The lowest BCUT2D eigenvalue weighted by Gasteiger charge is -2.12. The molecule has 0 aliphatic heterocycles. The highest BCUT2D eigenvalue weighted by atomic mass is 35.5. The van der Waals surface area contributed by atoms with Gasteiger partial charge in [0.2, 0.25) is 0 Å². The summed E-state index contributed by atoms with van der Waals surface area (Å²) in [4.78, 5) is 4.77. The lowest BCUT2D eigenvalue weighted by Crippen LogP contribution is -2.00. The van der Waals surface area contributed by atoms with Crippen LogP contribution in [0.4, 0.5) is 0 Å². The van der Waals surface area contributed by atoms with Gasteiger partial charge in [-0.25, -0.2) is 4.98 Å². The van der Waals surface area contributed by atoms with Crippen LogP contribution in [0.1, 0.15) is 25.0 Å². The van der Waals surface area contributed by atoms with Crippen molar-refractivity contribution in [3.05, 3.63) is 64.7 Å². The molecule has 2 aromatic carbocycles. The number of aliphatic hydroxyl groups excluding tert-OH is 2. The first kappa shape index (κ1) is 19.0. The number of rotatable bonds is 1. The second kappa shape index (κ2) is 8.25. The molecule has 0 amide bonds. The number of pyridine rings is 1. The van der Waals surface area contributed by atoms with Crippen LogP contribution in [0.2, 0.25) is 5.02 Å². The molecule has 2 unspecified atom stereocenters. The molecule has 1 heterocycles. The average Bonchev–Trinajstić information content (AvgIpc) is 2.64. The molecule has 3 rings (SSSR count). The molecule has 0 fully saturated rings. The van der Waals surface area contributed by atoms with Crippen molar-refractivity contribution >= 4 is 22.5 Å². The number of aromatic nitrogens is 1. The van der Waals surface area contributed by atoms with Gasteiger partial charge in [0.1, 0.15) is 12.2 Å². The Labute approximate surface area is 163 Å². The molecule has 27 heavy (non-hydrogen) atoms. The fourth-order valence-electron chi connectivity index (χ4n) is 2.66. The topological polar surface area (TPSA) is 53.4 Å². The van der Waals surface area contributed by atoms with Crippen molar-refractivity contribution in [3.63, 3.8) is 0 Å². The van der Waals surface area contributed by atoms with Crippen molar-refractivity contribution in [2.75, 3.05) is 0 Å². The minimum absolute atomic E-state index is 0.551. The van der Waals surface area contributed by atoms with Crippen molar-refractivity contribution in [3.8, 4) is 34.9 Å². The summed E-state index contributed by atoms with van der Waals surface area (Å²) < 4.78 is 0. The van der Waals surface area contributed by atoms with Gasteiger partial charge in [-0.2, -0.15) is 0 Å². The van der Waals surface area contributed by atoms with E-state index in [9.17, 15) is 10.2 Å². The van der Waals surface area contributed by atoms with Crippen LogP contribution in [0.5, 0.6) is 0 Å². The van der Waals surface area contributed by atoms with Gasteiger partial charge in [0.05, 0.1) is 27.4 Å². The van der Waals surface area contributed by atoms with Gasteiger partial charge in [0, 0.05) is 10.9 Å². The Morgan fingerprint density at radius 1 is 0.852 bits per heavy atom. The van der Waals surface area contributed by atoms with Gasteiger partial charge in [0.25, 0.3) is 0 Å². The van der Waals surface area contributed by atoms with E-state index < -0.39 is 12.2 Å². The van der Waals surface area contributed by atoms with Gasteiger partial charge in [-0.3, -0.25) is 0 Å². The van der Waals surface area contributed by atoms with Crippen LogP contribution in [0.3, 0.4) is 0 Å². The van der Waals surface area contributed by atoms with Gasteiger partial charge in [-0.15, -0.1) is 0 Å². The third-order valence-corrected chi connectivity index (χ3v) is 4.16. The number of hydrogen-bond acceptors (Lipinski definition) is 3. The number of nitrogens with zero attached hydrogens (tertiary/aromatic N) is 1. The Hall–Kier alpha value is -2.82. The maximum absolute atomic E-state index is 9.66. The van der Waals surface area contributed by atoms with Gasteiger partial charge in [-0.05, 0) is 26.0 Å². The van der Waals surface area contributed by atoms with Crippen molar-refractivity contribution in [2.24, 2.45) is 0 Å². The Bertz CT molecular complexity index is 1110. The van der Waals surface area contributed by atoms with E-state index in [1.807, 2.05) is 42.5 Å². The number of para-hydroxylation sites is 1. The third-order valence-electron chi connectivity index (χ3n) is 3.83. The van der Waals surface area contributed by atoms with Crippen LogP contribution in [-0.4, -0.2) is 27.4 Å². The van der Waals surface area contributed by atoms with Crippen molar-refractivity contribution in [1.29, 1.82) is 0 Å². The number of hydrogen-bond donors (Lipinski definition) is 2. The molecule has 0 aliphatic rings. The van der Waals surface area contributed by atoms with E-state index >= 15 is 0 Å². The first-order valence-electron chi connectivity index (χ1n) is 8.54. The highest BCUT2D eigenvalue weighted by Crippen LogP contribution is 2.33. The molecule has 1 aromatic heterocycles. The summed E-state index contributed by atoms with van der Waals surface area (Å²) >= 11 is 6.41. The van der Waals surface area contributed by atoms with Crippen molar-refractivity contribution in [2.45, 2.75) is 26.1 Å². The summed E-state index contributed by atoms with van der Waals surface area (Å²) in [6, 6.07) is 15.0. The highest BCUT2D eigenvalue weighted by Gasteiger charge is 2.16. The van der Waals surface area contributed by atoms with E-state index in [4.69, 9.17) is 16.6 Å². The monoisotopic (exact) mass is 375 g/mol. The van der Waals surface area contributed by atoms with E-state index in [1.54, 1.807) is 19.9 Å². The van der Waals surface area contributed by atoms with Crippen LogP contribution in [0.15, 0.2) is 48.5 Å². The standard InChI is InChI=1S/C23H18ClNO2/c1-15(26)11-13-17-18-7-4-6-10-22(18)25-23(19(17)14-12-16(2)27)20-8-3-5-9-21(20)24/h3-10,15-16,26-27H,1-2H3. The second-order valence-corrected chi connectivity index (χ2v) is 6.51. The Balaban J connectivity index is 2.45. The largest absolute Gasteiger partial charge is 0.381 e. The predicted octanol–water partition coefficient (Wildman–Crippen LogP) is 4.02. The second-order valence-electron chi connectivity index (χ2n) is 6.10. The molecule has 3 nitrogen and oxygen atoms in total. The fourth-order valence-corrected chi connectivity index (χ4v) is 2.89. The van der Waals surface area contributed by atoms with Gasteiger partial charge in [-0.1, -0.05) is 71.7 Å². The van der Waals surface area contributed by atoms with Crippen LogP contribution < -0.4 is 0 Å². The van der Waals surface area contributed by atoms with Crippen LogP contribution >= 0.6 is 11.6 Å². The average molecular weight is 376 g/mol. The molecule has 3 aromatic rings. The normalized spacial score (nSPS) is 12.5. The molecule has 0 bridgehead atoms. The fraction of sp³-hybridized carbons (Fsp3) is 0.174. The molecular formula is C23H18ClNO2. The number of aliphatic hydroxyl groups is 2. The summed E-state index contributed by atoms with van der Waals surface area (Å²) in [7, 11) is 0. The molecule has 0 aliphatic carbocycles. The first-order chi connectivity index (χ1) is 13.0. The van der Waals surface area contributed by atoms with Gasteiger partial charge in [0.15, 0.2) is 0 Å². The molecule has 134 valence electrons. The smallest absolute Gasteiger partial charge is 0.112 e. The summed E-state index contributed by atoms with van der Waals surface area (Å²) in [5.74, 6) is 11.6. The van der Waals surface area contributed by atoms with Crippen LogP contribution in [0.25, 0.3) is 22.2 Å². The zero-order valence-electron chi connectivity index (χ0n) is 15.0. The summed E-state index contributed by atoms with van der Waals surface area (Å²) in [6.07, 6.45) is -1.58. The van der Waals surface area contributed by atoms with E-state index in [-0.39, 0.29) is 0 Å².